The van der Waals surface area contributed by atoms with Gasteiger partial charge in [-0.05, 0) is 55.8 Å². The molecule has 3 aromatic heterocycles. The van der Waals surface area contributed by atoms with Gasteiger partial charge in [0.05, 0.1) is 30.1 Å². The van der Waals surface area contributed by atoms with Gasteiger partial charge >= 0.3 is 0 Å². The van der Waals surface area contributed by atoms with Crippen LogP contribution in [0.2, 0.25) is 0 Å². The molecule has 0 aliphatic carbocycles. The topological polar surface area (TPSA) is 128 Å². The van der Waals surface area contributed by atoms with E-state index in [9.17, 15) is 4.79 Å². The zero-order valence-corrected chi connectivity index (χ0v) is 20.0. The summed E-state index contributed by atoms with van der Waals surface area (Å²) in [5.41, 5.74) is 3.95. The maximum absolute atomic E-state index is 12.0. The molecule has 0 aliphatic heterocycles. The van der Waals surface area contributed by atoms with Gasteiger partial charge in [0.15, 0.2) is 5.75 Å². The molecule has 0 fully saturated rings. The van der Waals surface area contributed by atoms with E-state index in [4.69, 9.17) is 9.26 Å². The molecule has 2 N–H and O–H groups in total. The Kier molecular flexibility index (Phi) is 6.67. The smallest absolute Gasteiger partial charge is 0.290 e. The van der Waals surface area contributed by atoms with Crippen LogP contribution in [0.4, 0.5) is 11.5 Å². The molecule has 1 amide bonds. The van der Waals surface area contributed by atoms with E-state index in [1.807, 2.05) is 43.3 Å². The maximum atomic E-state index is 12.0. The van der Waals surface area contributed by atoms with Gasteiger partial charge in [0.2, 0.25) is 5.76 Å². The second-order valence-corrected chi connectivity index (χ2v) is 8.05. The molecular formula is C27H21N7O3. The lowest BCUT2D eigenvalue weighted by molar-refractivity contribution is 0.0922. The van der Waals surface area contributed by atoms with Gasteiger partial charge in [-0.15, -0.1) is 0 Å². The van der Waals surface area contributed by atoms with Gasteiger partial charge < -0.3 is 19.9 Å². The fraction of sp³-hybridized carbons (Fsp3) is 0.111. The number of aryl methyl sites for hydroxylation is 2. The van der Waals surface area contributed by atoms with E-state index in [-0.39, 0.29) is 18.2 Å². The number of nitrogens with one attached hydrogen (secondary N) is 2. The number of fused-ring (bicyclic) bond motifs is 1. The first kappa shape index (κ1) is 23.4. The Morgan fingerprint density at radius 2 is 1.89 bits per heavy atom. The van der Waals surface area contributed by atoms with E-state index in [0.29, 0.717) is 23.0 Å². The lowest BCUT2D eigenvalue weighted by atomic mass is 10.1. The second-order valence-electron chi connectivity index (χ2n) is 8.05. The number of anilines is 2. The molecule has 2 aromatic carbocycles. The highest BCUT2D eigenvalue weighted by atomic mass is 16.5. The van der Waals surface area contributed by atoms with Crippen molar-refractivity contribution < 1.29 is 14.1 Å². The van der Waals surface area contributed by atoms with Crippen LogP contribution in [0.15, 0.2) is 72.0 Å². The highest BCUT2D eigenvalue weighted by Gasteiger charge is 2.10. The van der Waals surface area contributed by atoms with Crippen molar-refractivity contribution in [1.29, 1.82) is 0 Å². The first-order valence-electron chi connectivity index (χ1n) is 11.3. The van der Waals surface area contributed by atoms with Crippen molar-refractivity contribution in [2.45, 2.75) is 13.8 Å². The van der Waals surface area contributed by atoms with Crippen LogP contribution >= 0.6 is 0 Å². The minimum absolute atomic E-state index is 0.154. The Bertz CT molecular complexity index is 1640. The molecule has 0 unspecified atom stereocenters. The number of hydrogen-bond donors (Lipinski definition) is 2. The molecule has 0 spiro atoms. The molecule has 182 valence electrons. The molecule has 37 heavy (non-hydrogen) atoms. The van der Waals surface area contributed by atoms with E-state index >= 15 is 0 Å². The Balaban J connectivity index is 1.30. The normalized spacial score (nSPS) is 10.4. The summed E-state index contributed by atoms with van der Waals surface area (Å²) in [5.74, 6) is 7.71. The zero-order chi connectivity index (χ0) is 25.6. The monoisotopic (exact) mass is 491 g/mol. The molecule has 0 radical (unpaired) electrons. The first-order valence-corrected chi connectivity index (χ1v) is 11.3. The van der Waals surface area contributed by atoms with Crippen molar-refractivity contribution in [2.75, 3.05) is 11.9 Å². The molecule has 3 heterocycles. The van der Waals surface area contributed by atoms with Crippen LogP contribution in [-0.2, 0) is 0 Å². The summed E-state index contributed by atoms with van der Waals surface area (Å²) >= 11 is 0. The average Bonchev–Trinajstić information content (AvgIpc) is 3.35. The first-order chi connectivity index (χ1) is 18.0. The van der Waals surface area contributed by atoms with Crippen molar-refractivity contribution in [3.05, 3.63) is 90.1 Å². The molecule has 0 saturated heterocycles. The minimum Gasteiger partial charge on any atom is -0.454 e. The highest BCUT2D eigenvalue weighted by Crippen LogP contribution is 2.29. The van der Waals surface area contributed by atoms with Gasteiger partial charge in [0.25, 0.3) is 5.91 Å². The van der Waals surface area contributed by atoms with Crippen LogP contribution in [0.25, 0.3) is 10.9 Å². The third-order valence-electron chi connectivity index (χ3n) is 5.26. The summed E-state index contributed by atoms with van der Waals surface area (Å²) in [7, 11) is 0. The standard InChI is InChI=1S/C27H21N7O3/c1-17-10-20(6-8-24(17)36-21-13-28-15-29-14-21)33-26-22-12-19(5-7-23(22)31-16-32-26)4-3-9-30-27(35)25-11-18(2)34-37-25/h5-8,10-16H,9H2,1-2H3,(H,30,35)(H,31,32,33). The SMILES string of the molecule is Cc1cc(C(=O)NCC#Cc2ccc3ncnc(Nc4ccc(Oc5cncnc5)c(C)c4)c3c2)on1. The number of ether oxygens (including phenoxy) is 1. The molecule has 10 heteroatoms. The summed E-state index contributed by atoms with van der Waals surface area (Å²) in [6.45, 7) is 3.87. The summed E-state index contributed by atoms with van der Waals surface area (Å²) < 4.78 is 10.8. The van der Waals surface area contributed by atoms with Crippen molar-refractivity contribution in [2.24, 2.45) is 0 Å². The summed E-state index contributed by atoms with van der Waals surface area (Å²) in [6, 6.07) is 13.0. The fourth-order valence-corrected chi connectivity index (χ4v) is 3.51. The number of rotatable bonds is 6. The van der Waals surface area contributed by atoms with E-state index < -0.39 is 0 Å². The summed E-state index contributed by atoms with van der Waals surface area (Å²) in [4.78, 5) is 28.8. The molecule has 0 atom stereocenters. The zero-order valence-electron chi connectivity index (χ0n) is 20.0. The van der Waals surface area contributed by atoms with Crippen LogP contribution in [0.1, 0.15) is 27.4 Å². The van der Waals surface area contributed by atoms with Gasteiger partial charge in [-0.2, -0.15) is 0 Å². The molecule has 0 bridgehead atoms. The highest BCUT2D eigenvalue weighted by molar-refractivity contribution is 5.92. The third-order valence-corrected chi connectivity index (χ3v) is 5.26. The molecular weight excluding hydrogens is 470 g/mol. The van der Waals surface area contributed by atoms with Gasteiger partial charge in [-0.25, -0.2) is 19.9 Å². The second kappa shape index (κ2) is 10.5. The largest absolute Gasteiger partial charge is 0.454 e. The van der Waals surface area contributed by atoms with E-state index in [2.05, 4.69) is 47.6 Å². The summed E-state index contributed by atoms with van der Waals surface area (Å²) in [5, 5.41) is 10.6. The average molecular weight is 492 g/mol. The van der Waals surface area contributed by atoms with E-state index in [1.165, 1.54) is 12.7 Å². The lowest BCUT2D eigenvalue weighted by Crippen LogP contribution is -2.23. The van der Waals surface area contributed by atoms with Gasteiger partial charge in [-0.1, -0.05) is 17.0 Å². The van der Waals surface area contributed by atoms with Crippen molar-refractivity contribution >= 4 is 28.3 Å². The number of amides is 1. The van der Waals surface area contributed by atoms with E-state index in [0.717, 1.165) is 27.7 Å². The number of aromatic nitrogens is 5. The molecule has 10 nitrogen and oxygen atoms in total. The molecule has 5 rings (SSSR count). The number of carbonyl (C=O) groups is 1. The van der Waals surface area contributed by atoms with Crippen LogP contribution in [0, 0.1) is 25.7 Å². The predicted octanol–water partition coefficient (Wildman–Crippen LogP) is 4.34. The van der Waals surface area contributed by atoms with Crippen LogP contribution in [-0.4, -0.2) is 37.5 Å². The maximum Gasteiger partial charge on any atom is 0.290 e. The van der Waals surface area contributed by atoms with Crippen LogP contribution < -0.4 is 15.4 Å². The van der Waals surface area contributed by atoms with Crippen molar-refractivity contribution in [3.8, 4) is 23.3 Å². The molecule has 0 aliphatic rings. The van der Waals surface area contributed by atoms with Gasteiger partial charge in [0.1, 0.15) is 24.2 Å². The Labute approximate surface area is 212 Å². The fourth-order valence-electron chi connectivity index (χ4n) is 3.51. The van der Waals surface area contributed by atoms with Gasteiger partial charge in [0, 0.05) is 22.7 Å². The number of hydrogen-bond acceptors (Lipinski definition) is 9. The quantitative estimate of drug-likeness (QED) is 0.333. The third kappa shape index (κ3) is 5.68. The van der Waals surface area contributed by atoms with Crippen LogP contribution in [0.3, 0.4) is 0 Å². The van der Waals surface area contributed by atoms with Crippen molar-refractivity contribution in [1.82, 2.24) is 30.4 Å². The minimum atomic E-state index is -0.364. The van der Waals surface area contributed by atoms with Crippen LogP contribution in [0.5, 0.6) is 11.5 Å². The molecule has 0 saturated carbocycles. The molecule has 5 aromatic rings. The summed E-state index contributed by atoms with van der Waals surface area (Å²) in [6.07, 6.45) is 6.18. The number of nitrogens with zero attached hydrogens (tertiary/aromatic N) is 5. The van der Waals surface area contributed by atoms with E-state index in [1.54, 1.807) is 25.4 Å². The Morgan fingerprint density at radius 1 is 1.03 bits per heavy atom. The number of carbonyl (C=O) groups excluding carboxylic acids is 1. The predicted molar refractivity (Wildman–Crippen MR) is 137 cm³/mol. The van der Waals surface area contributed by atoms with Gasteiger partial charge in [-0.3, -0.25) is 4.79 Å². The Morgan fingerprint density at radius 3 is 2.68 bits per heavy atom. The Hall–Kier alpha value is -5.30. The number of benzene rings is 2. The van der Waals surface area contributed by atoms with Crippen molar-refractivity contribution in [3.63, 3.8) is 0 Å². The lowest BCUT2D eigenvalue weighted by Gasteiger charge is -2.12.